The maximum Gasteiger partial charge on any atom is 0.332 e. The minimum Gasteiger partial charge on any atom is -0.350 e. The van der Waals surface area contributed by atoms with Crippen LogP contribution in [-0.4, -0.2) is 11.7 Å². The number of hydrogen-bond acceptors (Lipinski definition) is 2. The van der Waals surface area contributed by atoms with E-state index in [0.29, 0.717) is 22.7 Å². The number of hydrazone groups is 1. The average molecular weight is 237 g/mol. The Bertz CT molecular complexity index is 372. The average Bonchev–Trinajstić information content (AvgIpc) is 2.57. The number of hydrogen-bond donors (Lipinski definition) is 2. The van der Waals surface area contributed by atoms with Gasteiger partial charge in [-0.2, -0.15) is 5.10 Å². The molecule has 0 aromatic rings. The molecule has 2 aliphatic carbocycles. The van der Waals surface area contributed by atoms with E-state index in [1.807, 2.05) is 6.92 Å². The lowest BCUT2D eigenvalue weighted by Crippen LogP contribution is -2.29. The van der Waals surface area contributed by atoms with Gasteiger partial charge in [0.25, 0.3) is 0 Å². The summed E-state index contributed by atoms with van der Waals surface area (Å²) in [4.78, 5) is 10.7. The van der Waals surface area contributed by atoms with Gasteiger partial charge in [-0.1, -0.05) is 20.8 Å². The highest BCUT2D eigenvalue weighted by atomic mass is 16.2. The van der Waals surface area contributed by atoms with E-state index < -0.39 is 6.03 Å². The van der Waals surface area contributed by atoms with Crippen LogP contribution in [0.2, 0.25) is 0 Å². The highest BCUT2D eigenvalue weighted by Crippen LogP contribution is 2.67. The van der Waals surface area contributed by atoms with Crippen molar-refractivity contribution >= 4 is 11.7 Å². The summed E-state index contributed by atoms with van der Waals surface area (Å²) in [6.45, 7) is 9.14. The van der Waals surface area contributed by atoms with Gasteiger partial charge in [-0.25, -0.2) is 10.2 Å². The predicted molar refractivity (Wildman–Crippen MR) is 68.5 cm³/mol. The Labute approximate surface area is 103 Å². The Morgan fingerprint density at radius 1 is 1.41 bits per heavy atom. The highest BCUT2D eigenvalue weighted by molar-refractivity contribution is 5.86. The van der Waals surface area contributed by atoms with Crippen molar-refractivity contribution < 1.29 is 4.79 Å². The zero-order chi connectivity index (χ0) is 12.8. The summed E-state index contributed by atoms with van der Waals surface area (Å²) in [7, 11) is 0. The molecular formula is C13H23N3O. The number of nitrogens with two attached hydrogens (primary N) is 1. The van der Waals surface area contributed by atoms with Crippen molar-refractivity contribution in [2.24, 2.45) is 33.5 Å². The van der Waals surface area contributed by atoms with Crippen LogP contribution in [0.25, 0.3) is 0 Å². The van der Waals surface area contributed by atoms with Crippen molar-refractivity contribution in [3.05, 3.63) is 0 Å². The molecule has 17 heavy (non-hydrogen) atoms. The van der Waals surface area contributed by atoms with Gasteiger partial charge in [0.15, 0.2) is 0 Å². The van der Waals surface area contributed by atoms with E-state index in [4.69, 9.17) is 5.73 Å². The van der Waals surface area contributed by atoms with Gasteiger partial charge >= 0.3 is 6.03 Å². The van der Waals surface area contributed by atoms with Crippen molar-refractivity contribution in [1.29, 1.82) is 0 Å². The minimum atomic E-state index is -0.585. The van der Waals surface area contributed by atoms with Gasteiger partial charge in [0, 0.05) is 11.6 Å². The van der Waals surface area contributed by atoms with Crippen molar-refractivity contribution in [3.8, 4) is 0 Å². The molecule has 2 amide bonds. The quantitative estimate of drug-likeness (QED) is 0.562. The molecule has 2 rings (SSSR count). The Hall–Kier alpha value is -1.06. The highest BCUT2D eigenvalue weighted by Gasteiger charge is 2.60. The maximum atomic E-state index is 10.7. The first-order valence-corrected chi connectivity index (χ1v) is 6.37. The van der Waals surface area contributed by atoms with Crippen LogP contribution in [0.3, 0.4) is 0 Å². The number of rotatable bonds is 2. The molecule has 2 aliphatic rings. The maximum absolute atomic E-state index is 10.7. The van der Waals surface area contributed by atoms with Crippen LogP contribution < -0.4 is 11.2 Å². The fourth-order valence-corrected chi connectivity index (χ4v) is 3.97. The molecule has 3 atom stereocenters. The van der Waals surface area contributed by atoms with E-state index in [1.165, 1.54) is 19.3 Å². The van der Waals surface area contributed by atoms with E-state index in [2.05, 4.69) is 31.3 Å². The molecule has 96 valence electrons. The summed E-state index contributed by atoms with van der Waals surface area (Å²) in [6.07, 6.45) is 3.77. The number of amides is 2. The standard InChI is InChI=1S/C13H23N3O/c1-8(15-16-11(14)17)9-7-13(4)6-5-10(9)12(13,2)3/h9-10H,5-7H2,1-4H3,(H3,14,16,17)/t9-,10+,13+/m0/s1. The molecule has 3 N–H and O–H groups in total. The van der Waals surface area contributed by atoms with Gasteiger partial charge in [0.2, 0.25) is 0 Å². The first-order chi connectivity index (χ1) is 7.78. The van der Waals surface area contributed by atoms with Crippen molar-refractivity contribution in [1.82, 2.24) is 5.43 Å². The van der Waals surface area contributed by atoms with Crippen molar-refractivity contribution in [3.63, 3.8) is 0 Å². The van der Waals surface area contributed by atoms with E-state index in [9.17, 15) is 4.79 Å². The minimum absolute atomic E-state index is 0.376. The third-order valence-electron chi connectivity index (χ3n) is 5.52. The number of primary amides is 1. The smallest absolute Gasteiger partial charge is 0.332 e. The first kappa shape index (κ1) is 12.4. The molecular weight excluding hydrogens is 214 g/mol. The third kappa shape index (κ3) is 1.74. The monoisotopic (exact) mass is 237 g/mol. The second kappa shape index (κ2) is 3.72. The molecule has 2 fully saturated rings. The molecule has 0 aliphatic heterocycles. The molecule has 4 nitrogen and oxygen atoms in total. The molecule has 2 saturated carbocycles. The molecule has 0 aromatic carbocycles. The Morgan fingerprint density at radius 3 is 2.47 bits per heavy atom. The van der Waals surface area contributed by atoms with Crippen LogP contribution in [0.1, 0.15) is 47.0 Å². The predicted octanol–water partition coefficient (Wildman–Crippen LogP) is 2.49. The molecule has 0 heterocycles. The molecule has 0 unspecified atom stereocenters. The topological polar surface area (TPSA) is 67.5 Å². The first-order valence-electron chi connectivity index (χ1n) is 6.37. The third-order valence-corrected chi connectivity index (χ3v) is 5.52. The summed E-state index contributed by atoms with van der Waals surface area (Å²) in [5, 5.41) is 4.11. The van der Waals surface area contributed by atoms with E-state index in [0.717, 1.165) is 5.71 Å². The summed E-state index contributed by atoms with van der Waals surface area (Å²) in [5.74, 6) is 1.18. The van der Waals surface area contributed by atoms with Gasteiger partial charge in [-0.05, 0) is 42.9 Å². The number of carbonyl (C=O) groups excluding carboxylic acids is 1. The Balaban J connectivity index is 2.16. The fraction of sp³-hybridized carbons (Fsp3) is 0.846. The SMILES string of the molecule is CC(=NNC(N)=O)[C@@H]1C[C@@]2(C)CC[C@H]1C2(C)C. The number of carbonyl (C=O) groups is 1. The molecule has 0 aromatic heterocycles. The van der Waals surface area contributed by atoms with E-state index in [-0.39, 0.29) is 0 Å². The van der Waals surface area contributed by atoms with Crippen LogP contribution in [-0.2, 0) is 0 Å². The Kier molecular flexibility index (Phi) is 2.71. The van der Waals surface area contributed by atoms with Crippen LogP contribution in [0.4, 0.5) is 4.79 Å². The van der Waals surface area contributed by atoms with Crippen LogP contribution in [0.5, 0.6) is 0 Å². The fourth-order valence-electron chi connectivity index (χ4n) is 3.97. The molecule has 0 spiro atoms. The summed E-state index contributed by atoms with van der Waals surface area (Å²) < 4.78 is 0. The van der Waals surface area contributed by atoms with E-state index >= 15 is 0 Å². The largest absolute Gasteiger partial charge is 0.350 e. The number of fused-ring (bicyclic) bond motifs is 2. The lowest BCUT2D eigenvalue weighted by atomic mass is 9.71. The lowest BCUT2D eigenvalue weighted by Gasteiger charge is -2.34. The van der Waals surface area contributed by atoms with E-state index in [1.54, 1.807) is 0 Å². The van der Waals surface area contributed by atoms with Gasteiger partial charge in [0.1, 0.15) is 0 Å². The van der Waals surface area contributed by atoms with Gasteiger partial charge < -0.3 is 5.73 Å². The molecule has 0 radical (unpaired) electrons. The van der Waals surface area contributed by atoms with Crippen molar-refractivity contribution in [2.45, 2.75) is 47.0 Å². The number of nitrogens with zero attached hydrogens (tertiary/aromatic N) is 1. The van der Waals surface area contributed by atoms with Gasteiger partial charge in [-0.15, -0.1) is 0 Å². The number of nitrogens with one attached hydrogen (secondary N) is 1. The normalized spacial score (nSPS) is 39.4. The molecule has 0 saturated heterocycles. The summed E-state index contributed by atoms with van der Waals surface area (Å²) in [5.41, 5.74) is 9.20. The zero-order valence-corrected chi connectivity index (χ0v) is 11.2. The van der Waals surface area contributed by atoms with Crippen LogP contribution in [0, 0.1) is 22.7 Å². The second-order valence-electron chi connectivity index (χ2n) is 6.47. The van der Waals surface area contributed by atoms with Gasteiger partial charge in [-0.3, -0.25) is 0 Å². The molecule has 4 heteroatoms. The second-order valence-corrected chi connectivity index (χ2v) is 6.47. The number of urea groups is 1. The van der Waals surface area contributed by atoms with Crippen LogP contribution >= 0.6 is 0 Å². The molecule has 2 bridgehead atoms. The van der Waals surface area contributed by atoms with Crippen molar-refractivity contribution in [2.75, 3.05) is 0 Å². The summed E-state index contributed by atoms with van der Waals surface area (Å²) >= 11 is 0. The Morgan fingerprint density at radius 2 is 2.06 bits per heavy atom. The lowest BCUT2D eigenvalue weighted by molar-refractivity contribution is 0.152. The van der Waals surface area contributed by atoms with Crippen LogP contribution in [0.15, 0.2) is 5.10 Å². The summed E-state index contributed by atoms with van der Waals surface area (Å²) in [6, 6.07) is -0.585. The zero-order valence-electron chi connectivity index (χ0n) is 11.2. The van der Waals surface area contributed by atoms with Gasteiger partial charge in [0.05, 0.1) is 0 Å².